The molecular formula is C14H19F3N4. The summed E-state index contributed by atoms with van der Waals surface area (Å²) < 4.78 is 39.8. The maximum absolute atomic E-state index is 13.3. The van der Waals surface area contributed by atoms with Gasteiger partial charge in [0.05, 0.1) is 5.69 Å². The summed E-state index contributed by atoms with van der Waals surface area (Å²) in [5.41, 5.74) is 0.0240. The summed E-state index contributed by atoms with van der Waals surface area (Å²) in [4.78, 5) is 10.2. The van der Waals surface area contributed by atoms with E-state index in [4.69, 9.17) is 0 Å². The largest absolute Gasteiger partial charge is 0.433 e. The highest BCUT2D eigenvalue weighted by molar-refractivity contribution is 5.39. The summed E-state index contributed by atoms with van der Waals surface area (Å²) in [6.07, 6.45) is 0.139. The molecule has 1 fully saturated rings. The Bertz CT molecular complexity index is 508. The van der Waals surface area contributed by atoms with Gasteiger partial charge in [-0.2, -0.15) is 13.2 Å². The Labute approximate surface area is 121 Å². The minimum Gasteiger partial charge on any atom is -0.341 e. The number of nitrogens with one attached hydrogen (secondary N) is 1. The molecule has 3 heterocycles. The van der Waals surface area contributed by atoms with E-state index in [2.05, 4.69) is 15.3 Å². The predicted octanol–water partition coefficient (Wildman–Crippen LogP) is 2.52. The standard InChI is InChI=1S/C14H19F3N4/c15-14(16,17)12-10-5-6-18-9-11(10)19-13(20-12)21-7-3-1-2-4-8-21/h18H,1-9H2. The SMILES string of the molecule is FC(F)(F)c1nc(N2CCCCCC2)nc2c1CCNC2. The average Bonchev–Trinajstić information content (AvgIpc) is 2.74. The Morgan fingerprint density at radius 3 is 2.38 bits per heavy atom. The molecule has 0 spiro atoms. The molecule has 4 nitrogen and oxygen atoms in total. The monoisotopic (exact) mass is 300 g/mol. The van der Waals surface area contributed by atoms with Crippen molar-refractivity contribution in [1.82, 2.24) is 15.3 Å². The van der Waals surface area contributed by atoms with E-state index in [1.54, 1.807) is 0 Å². The van der Waals surface area contributed by atoms with Crippen LogP contribution in [0, 0.1) is 0 Å². The Morgan fingerprint density at radius 1 is 1.00 bits per heavy atom. The minimum absolute atomic E-state index is 0.242. The van der Waals surface area contributed by atoms with E-state index < -0.39 is 11.9 Å². The number of hydrogen-bond acceptors (Lipinski definition) is 4. The number of fused-ring (bicyclic) bond motifs is 1. The maximum Gasteiger partial charge on any atom is 0.433 e. The quantitative estimate of drug-likeness (QED) is 0.865. The molecule has 0 amide bonds. The lowest BCUT2D eigenvalue weighted by atomic mass is 10.0. The van der Waals surface area contributed by atoms with Crippen molar-refractivity contribution in [3.8, 4) is 0 Å². The van der Waals surface area contributed by atoms with Crippen LogP contribution in [0.3, 0.4) is 0 Å². The Hall–Kier alpha value is -1.37. The highest BCUT2D eigenvalue weighted by Gasteiger charge is 2.38. The van der Waals surface area contributed by atoms with Crippen LogP contribution in [-0.2, 0) is 19.1 Å². The maximum atomic E-state index is 13.3. The normalized spacial score (nSPS) is 20.0. The van der Waals surface area contributed by atoms with Gasteiger partial charge in [-0.1, -0.05) is 12.8 Å². The van der Waals surface area contributed by atoms with Gasteiger partial charge in [-0.25, -0.2) is 9.97 Å². The molecule has 2 aliphatic rings. The van der Waals surface area contributed by atoms with Gasteiger partial charge in [0.1, 0.15) is 0 Å². The van der Waals surface area contributed by atoms with Crippen molar-refractivity contribution in [2.75, 3.05) is 24.5 Å². The first-order chi connectivity index (χ1) is 10.1. The molecule has 1 aromatic rings. The van der Waals surface area contributed by atoms with E-state index in [1.807, 2.05) is 4.90 Å². The highest BCUT2D eigenvalue weighted by atomic mass is 19.4. The van der Waals surface area contributed by atoms with Crippen LogP contribution >= 0.6 is 0 Å². The van der Waals surface area contributed by atoms with Crippen molar-refractivity contribution < 1.29 is 13.2 Å². The number of aromatic nitrogens is 2. The zero-order valence-electron chi connectivity index (χ0n) is 11.8. The number of anilines is 1. The van der Waals surface area contributed by atoms with Crippen LogP contribution in [0.15, 0.2) is 0 Å². The molecule has 21 heavy (non-hydrogen) atoms. The first kappa shape index (κ1) is 14.6. The zero-order chi connectivity index (χ0) is 14.9. The number of nitrogens with zero attached hydrogens (tertiary/aromatic N) is 3. The van der Waals surface area contributed by atoms with Gasteiger partial charge >= 0.3 is 6.18 Å². The fraction of sp³-hybridized carbons (Fsp3) is 0.714. The van der Waals surface area contributed by atoms with Crippen LogP contribution in [0.5, 0.6) is 0 Å². The lowest BCUT2D eigenvalue weighted by molar-refractivity contribution is -0.142. The van der Waals surface area contributed by atoms with Gasteiger partial charge in [-0.05, 0) is 25.8 Å². The van der Waals surface area contributed by atoms with Gasteiger partial charge < -0.3 is 10.2 Å². The first-order valence-electron chi connectivity index (χ1n) is 7.48. The van der Waals surface area contributed by atoms with Gasteiger partial charge in [0.25, 0.3) is 0 Å². The van der Waals surface area contributed by atoms with E-state index in [1.165, 1.54) is 0 Å². The number of hydrogen-bond donors (Lipinski definition) is 1. The summed E-state index contributed by atoms with van der Waals surface area (Å²) >= 11 is 0. The van der Waals surface area contributed by atoms with Crippen molar-refractivity contribution in [3.05, 3.63) is 17.0 Å². The van der Waals surface area contributed by atoms with Crippen LogP contribution in [0.1, 0.15) is 42.6 Å². The molecule has 1 N–H and O–H groups in total. The molecule has 116 valence electrons. The average molecular weight is 300 g/mol. The third-order valence-corrected chi connectivity index (χ3v) is 4.08. The molecule has 3 rings (SSSR count). The van der Waals surface area contributed by atoms with Crippen molar-refractivity contribution in [2.24, 2.45) is 0 Å². The van der Waals surface area contributed by atoms with Crippen LogP contribution in [0.2, 0.25) is 0 Å². The zero-order valence-corrected chi connectivity index (χ0v) is 11.8. The van der Waals surface area contributed by atoms with Crippen LogP contribution in [0.4, 0.5) is 19.1 Å². The molecule has 0 aromatic carbocycles. The van der Waals surface area contributed by atoms with Gasteiger partial charge in [0, 0.05) is 25.2 Å². The van der Waals surface area contributed by atoms with Crippen LogP contribution < -0.4 is 10.2 Å². The first-order valence-corrected chi connectivity index (χ1v) is 7.48. The topological polar surface area (TPSA) is 41.1 Å². The molecule has 0 aliphatic carbocycles. The summed E-state index contributed by atoms with van der Waals surface area (Å²) in [6, 6.07) is 0. The molecule has 0 atom stereocenters. The molecule has 1 saturated heterocycles. The van der Waals surface area contributed by atoms with Gasteiger partial charge in [0.15, 0.2) is 5.69 Å². The Morgan fingerprint density at radius 2 is 1.71 bits per heavy atom. The minimum atomic E-state index is -4.41. The van der Waals surface area contributed by atoms with Crippen LogP contribution in [-0.4, -0.2) is 29.6 Å². The second-order valence-electron chi connectivity index (χ2n) is 5.62. The highest BCUT2D eigenvalue weighted by Crippen LogP contribution is 2.34. The van der Waals surface area contributed by atoms with Gasteiger partial charge in [-0.3, -0.25) is 0 Å². The third kappa shape index (κ3) is 3.12. The molecule has 2 aliphatic heterocycles. The summed E-state index contributed by atoms with van der Waals surface area (Å²) in [6.45, 7) is 2.41. The lowest BCUT2D eigenvalue weighted by Gasteiger charge is -2.25. The second-order valence-corrected chi connectivity index (χ2v) is 5.62. The van der Waals surface area contributed by atoms with E-state index in [9.17, 15) is 13.2 Å². The smallest absolute Gasteiger partial charge is 0.341 e. The molecule has 1 aromatic heterocycles. The molecule has 7 heteroatoms. The Balaban J connectivity index is 2.01. The summed E-state index contributed by atoms with van der Waals surface area (Å²) in [5, 5.41) is 3.09. The summed E-state index contributed by atoms with van der Waals surface area (Å²) in [7, 11) is 0. The summed E-state index contributed by atoms with van der Waals surface area (Å²) in [5.74, 6) is 0.242. The van der Waals surface area contributed by atoms with Gasteiger partial charge in [-0.15, -0.1) is 0 Å². The van der Waals surface area contributed by atoms with E-state index >= 15 is 0 Å². The molecule has 0 radical (unpaired) electrons. The fourth-order valence-electron chi connectivity index (χ4n) is 2.99. The Kier molecular flexibility index (Phi) is 4.01. The van der Waals surface area contributed by atoms with E-state index in [-0.39, 0.29) is 11.5 Å². The van der Waals surface area contributed by atoms with Crippen molar-refractivity contribution in [3.63, 3.8) is 0 Å². The van der Waals surface area contributed by atoms with E-state index in [0.29, 0.717) is 25.2 Å². The fourth-order valence-corrected chi connectivity index (χ4v) is 2.99. The van der Waals surface area contributed by atoms with Crippen molar-refractivity contribution in [1.29, 1.82) is 0 Å². The molecule has 0 unspecified atom stereocenters. The third-order valence-electron chi connectivity index (χ3n) is 4.08. The van der Waals surface area contributed by atoms with Gasteiger partial charge in [0.2, 0.25) is 5.95 Å². The van der Waals surface area contributed by atoms with E-state index in [0.717, 1.165) is 38.8 Å². The number of rotatable bonds is 1. The predicted molar refractivity (Wildman–Crippen MR) is 73.1 cm³/mol. The molecule has 0 bridgehead atoms. The second kappa shape index (κ2) is 5.79. The molecule has 0 saturated carbocycles. The van der Waals surface area contributed by atoms with Crippen molar-refractivity contribution >= 4 is 5.95 Å². The molecular weight excluding hydrogens is 281 g/mol. The number of alkyl halides is 3. The van der Waals surface area contributed by atoms with Crippen LogP contribution in [0.25, 0.3) is 0 Å². The number of halogens is 3. The lowest BCUT2D eigenvalue weighted by Crippen LogP contribution is -2.32. The van der Waals surface area contributed by atoms with Crippen molar-refractivity contribution in [2.45, 2.75) is 44.8 Å².